The van der Waals surface area contributed by atoms with E-state index in [0.29, 0.717) is 29.0 Å². The van der Waals surface area contributed by atoms with Crippen molar-refractivity contribution >= 4 is 34.1 Å². The molecule has 0 spiro atoms. The number of fused-ring (bicyclic) bond motifs is 1. The number of aromatic nitrogens is 3. The molecule has 8 heteroatoms. The maximum atomic E-state index is 12.3. The van der Waals surface area contributed by atoms with Crippen LogP contribution in [-0.4, -0.2) is 33.5 Å². The molecule has 1 aromatic heterocycles. The summed E-state index contributed by atoms with van der Waals surface area (Å²) in [6.07, 6.45) is 0. The van der Waals surface area contributed by atoms with Crippen LogP contribution in [0, 0.1) is 6.92 Å². The summed E-state index contributed by atoms with van der Waals surface area (Å²) in [5.74, 6) is 2.28. The average Bonchev–Trinajstić information content (AvgIpc) is 3.17. The van der Waals surface area contributed by atoms with E-state index in [9.17, 15) is 4.79 Å². The molecule has 1 N–H and O–H groups in total. The fraction of sp³-hybridized carbons (Fsp3) is 0.208. The maximum absolute atomic E-state index is 12.3. The molecule has 0 radical (unpaired) electrons. The van der Waals surface area contributed by atoms with Crippen LogP contribution >= 0.6 is 11.8 Å². The van der Waals surface area contributed by atoms with E-state index in [1.165, 1.54) is 22.5 Å². The number of nitrogens with one attached hydrogen (secondary N) is 1. The summed E-state index contributed by atoms with van der Waals surface area (Å²) < 4.78 is 13.1. The Morgan fingerprint density at radius 3 is 2.78 bits per heavy atom. The molecule has 0 saturated carbocycles. The smallest absolute Gasteiger partial charge is 0.234 e. The third-order valence-electron chi connectivity index (χ3n) is 5.12. The minimum atomic E-state index is -0.129. The van der Waals surface area contributed by atoms with Gasteiger partial charge in [0.2, 0.25) is 5.91 Å². The Bertz CT molecular complexity index is 1260. The van der Waals surface area contributed by atoms with Gasteiger partial charge in [-0.05, 0) is 41.5 Å². The summed E-state index contributed by atoms with van der Waals surface area (Å²) in [5, 5.41) is 14.3. The molecule has 1 amide bonds. The van der Waals surface area contributed by atoms with Crippen molar-refractivity contribution in [1.82, 2.24) is 14.8 Å². The first-order chi connectivity index (χ1) is 15.5. The van der Waals surface area contributed by atoms with Gasteiger partial charge in [-0.2, -0.15) is 0 Å². The molecule has 4 aromatic rings. The number of hydrogen-bond acceptors (Lipinski definition) is 6. The number of amides is 1. The number of carbonyl (C=O) groups excluding carboxylic acids is 1. The van der Waals surface area contributed by atoms with Gasteiger partial charge in [0.15, 0.2) is 11.0 Å². The molecule has 1 heterocycles. The van der Waals surface area contributed by atoms with Crippen LogP contribution < -0.4 is 14.8 Å². The number of thioether (sulfide) groups is 1. The number of carbonyl (C=O) groups is 1. The predicted molar refractivity (Wildman–Crippen MR) is 126 cm³/mol. The lowest BCUT2D eigenvalue weighted by Gasteiger charge is -2.11. The van der Waals surface area contributed by atoms with Crippen LogP contribution in [0.5, 0.6) is 11.5 Å². The Morgan fingerprint density at radius 2 is 1.94 bits per heavy atom. The second-order valence-electron chi connectivity index (χ2n) is 7.23. The normalized spacial score (nSPS) is 10.8. The number of rotatable bonds is 8. The van der Waals surface area contributed by atoms with Gasteiger partial charge in [0.25, 0.3) is 0 Å². The van der Waals surface area contributed by atoms with Gasteiger partial charge in [-0.3, -0.25) is 4.79 Å². The Labute approximate surface area is 190 Å². The van der Waals surface area contributed by atoms with Gasteiger partial charge in [0.05, 0.1) is 12.9 Å². The average molecular weight is 449 g/mol. The first-order valence-corrected chi connectivity index (χ1v) is 11.1. The summed E-state index contributed by atoms with van der Waals surface area (Å²) in [5.41, 5.74) is 1.78. The van der Waals surface area contributed by atoms with E-state index in [2.05, 4.69) is 40.6 Å². The van der Waals surface area contributed by atoms with Gasteiger partial charge >= 0.3 is 0 Å². The molecule has 0 unspecified atom stereocenters. The second kappa shape index (κ2) is 9.74. The van der Waals surface area contributed by atoms with Gasteiger partial charge in [-0.1, -0.05) is 48.2 Å². The Kier molecular flexibility index (Phi) is 6.61. The van der Waals surface area contributed by atoms with E-state index < -0.39 is 0 Å². The van der Waals surface area contributed by atoms with Gasteiger partial charge in [-0.25, -0.2) is 0 Å². The number of nitrogens with zero attached hydrogens (tertiary/aromatic N) is 3. The zero-order chi connectivity index (χ0) is 22.5. The van der Waals surface area contributed by atoms with Gasteiger partial charge in [-0.15, -0.1) is 10.2 Å². The minimum Gasteiger partial charge on any atom is -0.497 e. The molecule has 0 aliphatic heterocycles. The third kappa shape index (κ3) is 4.86. The van der Waals surface area contributed by atoms with E-state index in [1.54, 1.807) is 13.2 Å². The highest BCUT2D eigenvalue weighted by Gasteiger charge is 2.13. The van der Waals surface area contributed by atoms with Crippen LogP contribution in [0.15, 0.2) is 65.8 Å². The van der Waals surface area contributed by atoms with Crippen LogP contribution in [0.2, 0.25) is 0 Å². The third-order valence-corrected chi connectivity index (χ3v) is 6.14. The quantitative estimate of drug-likeness (QED) is 0.397. The molecule has 0 saturated heterocycles. The molecule has 0 atom stereocenters. The molecule has 0 aliphatic rings. The lowest BCUT2D eigenvalue weighted by molar-refractivity contribution is -0.113. The summed E-state index contributed by atoms with van der Waals surface area (Å²) in [6, 6.07) is 19.5. The SMILES string of the molecule is COc1cccc(NC(=O)CSc2nnc(COc3ccc4ccccc4c3C)n2C)c1. The molecule has 164 valence electrons. The standard InChI is InChI=1S/C24H24N4O3S/c1-16-20-10-5-4-7-17(20)11-12-21(16)31-14-22-26-27-24(28(22)2)32-15-23(29)25-18-8-6-9-19(13-18)30-3/h4-13H,14-15H2,1-3H3,(H,25,29). The first kappa shape index (κ1) is 21.7. The number of hydrogen-bond donors (Lipinski definition) is 1. The Balaban J connectivity index is 1.35. The molecular formula is C24H24N4O3S. The number of aryl methyl sites for hydroxylation is 1. The molecule has 0 fully saturated rings. The van der Waals surface area contributed by atoms with Crippen molar-refractivity contribution in [3.05, 3.63) is 72.1 Å². The Morgan fingerprint density at radius 1 is 1.09 bits per heavy atom. The molecule has 0 bridgehead atoms. The zero-order valence-corrected chi connectivity index (χ0v) is 19.0. The lowest BCUT2D eigenvalue weighted by atomic mass is 10.0. The fourth-order valence-electron chi connectivity index (χ4n) is 3.33. The largest absolute Gasteiger partial charge is 0.497 e. The monoisotopic (exact) mass is 448 g/mol. The van der Waals surface area contributed by atoms with Crippen LogP contribution in [0.3, 0.4) is 0 Å². The van der Waals surface area contributed by atoms with Crippen molar-refractivity contribution in [2.75, 3.05) is 18.2 Å². The highest BCUT2D eigenvalue weighted by Crippen LogP contribution is 2.28. The predicted octanol–water partition coefficient (Wildman–Crippen LogP) is 4.60. The van der Waals surface area contributed by atoms with Crippen LogP contribution in [0.4, 0.5) is 5.69 Å². The van der Waals surface area contributed by atoms with E-state index in [4.69, 9.17) is 9.47 Å². The van der Waals surface area contributed by atoms with Gasteiger partial charge in [0, 0.05) is 18.8 Å². The highest BCUT2D eigenvalue weighted by atomic mass is 32.2. The van der Waals surface area contributed by atoms with Crippen molar-refractivity contribution in [3.8, 4) is 11.5 Å². The topological polar surface area (TPSA) is 78.3 Å². The van der Waals surface area contributed by atoms with Crippen LogP contribution in [0.25, 0.3) is 10.8 Å². The summed E-state index contributed by atoms with van der Waals surface area (Å²) in [6.45, 7) is 2.34. The fourth-order valence-corrected chi connectivity index (χ4v) is 4.06. The van der Waals surface area contributed by atoms with Crippen molar-refractivity contribution < 1.29 is 14.3 Å². The molecule has 7 nitrogen and oxygen atoms in total. The molecule has 0 aliphatic carbocycles. The van der Waals surface area contributed by atoms with Gasteiger partial charge < -0.3 is 19.4 Å². The van der Waals surface area contributed by atoms with E-state index in [1.807, 2.05) is 48.0 Å². The van der Waals surface area contributed by atoms with Crippen molar-refractivity contribution in [2.45, 2.75) is 18.7 Å². The zero-order valence-electron chi connectivity index (χ0n) is 18.2. The van der Waals surface area contributed by atoms with Crippen molar-refractivity contribution in [1.29, 1.82) is 0 Å². The van der Waals surface area contributed by atoms with Crippen LogP contribution in [0.1, 0.15) is 11.4 Å². The second-order valence-corrected chi connectivity index (χ2v) is 8.17. The maximum Gasteiger partial charge on any atom is 0.234 e. The summed E-state index contributed by atoms with van der Waals surface area (Å²) >= 11 is 1.32. The lowest BCUT2D eigenvalue weighted by Crippen LogP contribution is -2.14. The van der Waals surface area contributed by atoms with Gasteiger partial charge in [0.1, 0.15) is 18.1 Å². The van der Waals surface area contributed by atoms with E-state index >= 15 is 0 Å². The molecule has 32 heavy (non-hydrogen) atoms. The Hall–Kier alpha value is -3.52. The molecular weight excluding hydrogens is 424 g/mol. The number of anilines is 1. The first-order valence-electron chi connectivity index (χ1n) is 10.1. The molecule has 4 rings (SSSR count). The highest BCUT2D eigenvalue weighted by molar-refractivity contribution is 7.99. The number of ether oxygens (including phenoxy) is 2. The summed E-state index contributed by atoms with van der Waals surface area (Å²) in [4.78, 5) is 12.3. The van der Waals surface area contributed by atoms with Crippen molar-refractivity contribution in [2.24, 2.45) is 7.05 Å². The van der Waals surface area contributed by atoms with E-state index in [0.717, 1.165) is 11.3 Å². The molecule has 3 aromatic carbocycles. The number of benzene rings is 3. The van der Waals surface area contributed by atoms with Crippen LogP contribution in [-0.2, 0) is 18.4 Å². The number of methoxy groups -OCH3 is 1. The van der Waals surface area contributed by atoms with E-state index in [-0.39, 0.29) is 11.7 Å². The van der Waals surface area contributed by atoms with Crippen molar-refractivity contribution in [3.63, 3.8) is 0 Å². The minimum absolute atomic E-state index is 0.129. The summed E-state index contributed by atoms with van der Waals surface area (Å²) in [7, 11) is 3.46.